The van der Waals surface area contributed by atoms with Crippen LogP contribution in [0.4, 0.5) is 0 Å². The van der Waals surface area contributed by atoms with Gasteiger partial charge in [-0.25, -0.2) is 0 Å². The van der Waals surface area contributed by atoms with Crippen molar-refractivity contribution in [2.45, 2.75) is 12.8 Å². The maximum Gasteiger partial charge on any atom is 0.233 e. The molecule has 0 bridgehead atoms. The van der Waals surface area contributed by atoms with E-state index >= 15 is 0 Å². The summed E-state index contributed by atoms with van der Waals surface area (Å²) < 4.78 is 0. The van der Waals surface area contributed by atoms with Crippen LogP contribution in [0.5, 0.6) is 0 Å². The van der Waals surface area contributed by atoms with Gasteiger partial charge in [-0.15, -0.1) is 0 Å². The molecule has 0 rings (SSSR count). The first kappa shape index (κ1) is 10.1. The summed E-state index contributed by atoms with van der Waals surface area (Å²) in [6.07, 6.45) is 1.33. The summed E-state index contributed by atoms with van der Waals surface area (Å²) in [6, 6.07) is 0. The van der Waals surface area contributed by atoms with Crippen molar-refractivity contribution < 1.29 is 15.1 Å². The normalized spacial score (nSPS) is 9.27. The Bertz CT molecular complexity index is 147. The molecule has 0 aromatic heterocycles. The molecule has 2 N–H and O–H groups in total. The van der Waals surface area contributed by atoms with E-state index in [1.54, 1.807) is 0 Å². The van der Waals surface area contributed by atoms with Crippen LogP contribution in [0.25, 0.3) is 0 Å². The highest BCUT2D eigenvalue weighted by atomic mass is 16.6. The second kappa shape index (κ2) is 5.82. The zero-order valence-electron chi connectivity index (χ0n) is 6.06. The smallest absolute Gasteiger partial charge is 0.233 e. The molecule has 0 aromatic carbocycles. The topological polar surface area (TPSA) is 83.6 Å². The van der Waals surface area contributed by atoms with Gasteiger partial charge < -0.3 is 10.2 Å². The Balaban J connectivity index is 3.96. The van der Waals surface area contributed by atoms with Gasteiger partial charge in [0.2, 0.25) is 6.20 Å². The van der Waals surface area contributed by atoms with E-state index < -0.39 is 4.92 Å². The SMILES string of the molecule is O=[N+]([O-])C=C(CCO)CCO. The fraction of sp³-hybridized carbons (Fsp3) is 0.667. The Morgan fingerprint density at radius 2 is 1.82 bits per heavy atom. The molecule has 0 unspecified atom stereocenters. The molecule has 0 aliphatic heterocycles. The number of hydrogen-bond acceptors (Lipinski definition) is 4. The Labute approximate surface area is 64.1 Å². The van der Waals surface area contributed by atoms with Crippen molar-refractivity contribution in [1.82, 2.24) is 0 Å². The standard InChI is InChI=1S/C6H11NO4/c8-3-1-6(2-4-9)5-7(10)11/h5,8-9H,1-4H2. The summed E-state index contributed by atoms with van der Waals surface area (Å²) in [6.45, 7) is -0.251. The van der Waals surface area contributed by atoms with Gasteiger partial charge >= 0.3 is 0 Å². The number of rotatable bonds is 5. The molecule has 0 aliphatic carbocycles. The van der Waals surface area contributed by atoms with E-state index in [1.807, 2.05) is 0 Å². The molecular weight excluding hydrogens is 150 g/mol. The molecule has 0 heterocycles. The lowest BCUT2D eigenvalue weighted by Crippen LogP contribution is -1.96. The molecule has 0 aliphatic rings. The maximum atomic E-state index is 9.93. The van der Waals surface area contributed by atoms with E-state index in [0.29, 0.717) is 5.57 Å². The first-order chi connectivity index (χ1) is 5.20. The molecule has 0 amide bonds. The minimum atomic E-state index is -0.583. The first-order valence-corrected chi connectivity index (χ1v) is 3.25. The first-order valence-electron chi connectivity index (χ1n) is 3.25. The van der Waals surface area contributed by atoms with Crippen LogP contribution in [-0.4, -0.2) is 28.4 Å². The van der Waals surface area contributed by atoms with Crippen LogP contribution in [0.1, 0.15) is 12.8 Å². The number of nitrogens with zero attached hydrogens (tertiary/aromatic N) is 1. The summed E-state index contributed by atoms with van der Waals surface area (Å²) in [4.78, 5) is 9.34. The molecule has 0 saturated heterocycles. The predicted octanol–water partition coefficient (Wildman–Crippen LogP) is -0.0882. The second-order valence-corrected chi connectivity index (χ2v) is 2.02. The van der Waals surface area contributed by atoms with E-state index in [2.05, 4.69) is 0 Å². The molecule has 0 atom stereocenters. The van der Waals surface area contributed by atoms with Crippen LogP contribution >= 0.6 is 0 Å². The summed E-state index contributed by atoms with van der Waals surface area (Å²) in [5.41, 5.74) is 0.458. The number of nitro groups is 1. The largest absolute Gasteiger partial charge is 0.396 e. The van der Waals surface area contributed by atoms with Gasteiger partial charge in [0.05, 0.1) is 4.92 Å². The van der Waals surface area contributed by atoms with Crippen molar-refractivity contribution in [3.8, 4) is 0 Å². The molecule has 0 saturated carbocycles. The average molecular weight is 161 g/mol. The Hall–Kier alpha value is -0.940. The quantitative estimate of drug-likeness (QED) is 0.436. The molecule has 0 radical (unpaired) electrons. The van der Waals surface area contributed by atoms with E-state index in [-0.39, 0.29) is 26.1 Å². The summed E-state index contributed by atoms with van der Waals surface area (Å²) in [5.74, 6) is 0. The van der Waals surface area contributed by atoms with Crippen LogP contribution < -0.4 is 0 Å². The minimum Gasteiger partial charge on any atom is -0.396 e. The predicted molar refractivity (Wildman–Crippen MR) is 38.5 cm³/mol. The third-order valence-corrected chi connectivity index (χ3v) is 1.15. The summed E-state index contributed by atoms with van der Waals surface area (Å²) >= 11 is 0. The van der Waals surface area contributed by atoms with Crippen LogP contribution in [-0.2, 0) is 0 Å². The number of aliphatic hydroxyl groups excluding tert-OH is 2. The fourth-order valence-electron chi connectivity index (χ4n) is 0.690. The molecular formula is C6H11NO4. The van der Waals surface area contributed by atoms with E-state index in [1.165, 1.54) is 0 Å². The van der Waals surface area contributed by atoms with Crippen molar-refractivity contribution in [2.24, 2.45) is 0 Å². The highest BCUT2D eigenvalue weighted by molar-refractivity contribution is 4.96. The fourth-order valence-corrected chi connectivity index (χ4v) is 0.690. The van der Waals surface area contributed by atoms with Gasteiger partial charge in [0.1, 0.15) is 0 Å². The van der Waals surface area contributed by atoms with E-state index in [0.717, 1.165) is 6.20 Å². The molecule has 0 fully saturated rings. The molecule has 0 aromatic rings. The van der Waals surface area contributed by atoms with Gasteiger partial charge in [-0.2, -0.15) is 0 Å². The highest BCUT2D eigenvalue weighted by Crippen LogP contribution is 2.04. The van der Waals surface area contributed by atoms with Crippen molar-refractivity contribution in [3.05, 3.63) is 21.9 Å². The molecule has 0 spiro atoms. The monoisotopic (exact) mass is 161 g/mol. The van der Waals surface area contributed by atoms with Gasteiger partial charge in [-0.3, -0.25) is 10.1 Å². The zero-order chi connectivity index (χ0) is 8.69. The van der Waals surface area contributed by atoms with Gasteiger partial charge in [-0.1, -0.05) is 0 Å². The lowest BCUT2D eigenvalue weighted by Gasteiger charge is -1.97. The number of aliphatic hydroxyl groups is 2. The number of hydrogen-bond donors (Lipinski definition) is 2. The maximum absolute atomic E-state index is 9.93. The Morgan fingerprint density at radius 3 is 2.09 bits per heavy atom. The van der Waals surface area contributed by atoms with Gasteiger partial charge in [0.15, 0.2) is 0 Å². The van der Waals surface area contributed by atoms with Crippen molar-refractivity contribution >= 4 is 0 Å². The highest BCUT2D eigenvalue weighted by Gasteiger charge is 2.00. The average Bonchev–Trinajstić information content (AvgIpc) is 1.87. The van der Waals surface area contributed by atoms with Crippen molar-refractivity contribution in [1.29, 1.82) is 0 Å². The molecule has 5 nitrogen and oxygen atoms in total. The molecule has 11 heavy (non-hydrogen) atoms. The molecule has 5 heteroatoms. The Morgan fingerprint density at radius 1 is 1.36 bits per heavy atom. The third-order valence-electron chi connectivity index (χ3n) is 1.15. The van der Waals surface area contributed by atoms with E-state index in [9.17, 15) is 10.1 Å². The van der Waals surface area contributed by atoms with Crippen molar-refractivity contribution in [2.75, 3.05) is 13.2 Å². The minimum absolute atomic E-state index is 0.125. The van der Waals surface area contributed by atoms with Gasteiger partial charge in [-0.05, 0) is 12.8 Å². The third kappa shape index (κ3) is 5.50. The zero-order valence-corrected chi connectivity index (χ0v) is 6.06. The second-order valence-electron chi connectivity index (χ2n) is 2.02. The molecule has 64 valence electrons. The Kier molecular flexibility index (Phi) is 5.32. The van der Waals surface area contributed by atoms with Gasteiger partial charge in [0, 0.05) is 18.8 Å². The van der Waals surface area contributed by atoms with Crippen LogP contribution in [0.3, 0.4) is 0 Å². The summed E-state index contributed by atoms with van der Waals surface area (Å²) in [5, 5.41) is 26.8. The lowest BCUT2D eigenvalue weighted by atomic mass is 10.1. The van der Waals surface area contributed by atoms with Crippen molar-refractivity contribution in [3.63, 3.8) is 0 Å². The van der Waals surface area contributed by atoms with Gasteiger partial charge in [0.25, 0.3) is 0 Å². The van der Waals surface area contributed by atoms with Crippen LogP contribution in [0.2, 0.25) is 0 Å². The van der Waals surface area contributed by atoms with E-state index in [4.69, 9.17) is 10.2 Å². The lowest BCUT2D eigenvalue weighted by molar-refractivity contribution is -0.403. The van der Waals surface area contributed by atoms with Crippen LogP contribution in [0, 0.1) is 10.1 Å². The van der Waals surface area contributed by atoms with Crippen LogP contribution in [0.15, 0.2) is 11.8 Å². The summed E-state index contributed by atoms with van der Waals surface area (Å²) in [7, 11) is 0.